The van der Waals surface area contributed by atoms with Crippen molar-refractivity contribution in [2.75, 3.05) is 7.11 Å². The van der Waals surface area contributed by atoms with Crippen molar-refractivity contribution in [1.82, 2.24) is 0 Å². The third kappa shape index (κ3) is 3.89. The molecule has 7 heteroatoms. The van der Waals surface area contributed by atoms with Crippen molar-refractivity contribution in [3.8, 4) is 17.2 Å². The quantitative estimate of drug-likeness (QED) is 0.600. The van der Waals surface area contributed by atoms with Gasteiger partial charge in [-0.15, -0.1) is 0 Å². The van der Waals surface area contributed by atoms with Gasteiger partial charge in [0.25, 0.3) is 0 Å². The fraction of sp³-hybridized carbons (Fsp3) is 0.118. The molecule has 2 aromatic rings. The van der Waals surface area contributed by atoms with Gasteiger partial charge >= 0.3 is 11.9 Å². The summed E-state index contributed by atoms with van der Waals surface area (Å²) in [6, 6.07) is 9.74. The molecular weight excluding hydrogens is 316 g/mol. The second kappa shape index (κ2) is 7.28. The minimum atomic E-state index is -1.38. The van der Waals surface area contributed by atoms with Gasteiger partial charge in [-0.1, -0.05) is 12.1 Å². The van der Waals surface area contributed by atoms with E-state index in [9.17, 15) is 19.5 Å². The molecule has 0 spiro atoms. The summed E-state index contributed by atoms with van der Waals surface area (Å²) in [6.07, 6.45) is 0. The SMILES string of the molecule is COc1cc(C(=O)[O-])ccc1OC(=O)c1ccccc1OC(C)=O. The summed E-state index contributed by atoms with van der Waals surface area (Å²) < 4.78 is 15.2. The Hall–Kier alpha value is -3.35. The van der Waals surface area contributed by atoms with E-state index in [1.807, 2.05) is 0 Å². The Morgan fingerprint density at radius 3 is 2.25 bits per heavy atom. The van der Waals surface area contributed by atoms with Gasteiger partial charge in [-0.05, 0) is 30.3 Å². The molecule has 0 aliphatic heterocycles. The van der Waals surface area contributed by atoms with E-state index in [-0.39, 0.29) is 28.4 Å². The molecule has 0 aromatic heterocycles. The van der Waals surface area contributed by atoms with E-state index >= 15 is 0 Å². The summed E-state index contributed by atoms with van der Waals surface area (Å²) in [5, 5.41) is 10.8. The lowest BCUT2D eigenvalue weighted by molar-refractivity contribution is -0.255. The number of carboxylic acids is 1. The summed E-state index contributed by atoms with van der Waals surface area (Å²) in [5.74, 6) is -2.62. The van der Waals surface area contributed by atoms with Crippen molar-refractivity contribution in [3.05, 3.63) is 53.6 Å². The van der Waals surface area contributed by atoms with Crippen LogP contribution in [0.4, 0.5) is 0 Å². The van der Waals surface area contributed by atoms with Gasteiger partial charge in [0, 0.05) is 12.5 Å². The summed E-state index contributed by atoms with van der Waals surface area (Å²) in [5.41, 5.74) is -0.0781. The highest BCUT2D eigenvalue weighted by atomic mass is 16.6. The van der Waals surface area contributed by atoms with Crippen LogP contribution in [0.2, 0.25) is 0 Å². The molecule has 0 radical (unpaired) electrons. The maximum atomic E-state index is 12.3. The van der Waals surface area contributed by atoms with Gasteiger partial charge in [0.2, 0.25) is 0 Å². The Morgan fingerprint density at radius 2 is 1.62 bits per heavy atom. The molecule has 0 heterocycles. The fourth-order valence-electron chi connectivity index (χ4n) is 1.91. The normalized spacial score (nSPS) is 9.92. The van der Waals surface area contributed by atoms with Crippen LogP contribution in [0.1, 0.15) is 27.6 Å². The Kier molecular flexibility index (Phi) is 5.16. The van der Waals surface area contributed by atoms with Crippen molar-refractivity contribution in [2.24, 2.45) is 0 Å². The van der Waals surface area contributed by atoms with Crippen molar-refractivity contribution < 1.29 is 33.7 Å². The number of carbonyl (C=O) groups is 3. The largest absolute Gasteiger partial charge is 0.545 e. The van der Waals surface area contributed by atoms with Gasteiger partial charge in [-0.25, -0.2) is 4.79 Å². The van der Waals surface area contributed by atoms with Crippen LogP contribution in [0.25, 0.3) is 0 Å². The molecule has 124 valence electrons. The van der Waals surface area contributed by atoms with Crippen molar-refractivity contribution >= 4 is 17.9 Å². The van der Waals surface area contributed by atoms with Gasteiger partial charge < -0.3 is 24.1 Å². The number of methoxy groups -OCH3 is 1. The number of carboxylic acid groups (broad SMARTS) is 1. The molecule has 0 atom stereocenters. The van der Waals surface area contributed by atoms with E-state index in [0.29, 0.717) is 0 Å². The molecule has 0 aliphatic carbocycles. The number of rotatable bonds is 5. The van der Waals surface area contributed by atoms with Crippen molar-refractivity contribution in [1.29, 1.82) is 0 Å². The van der Waals surface area contributed by atoms with Crippen LogP contribution < -0.4 is 19.3 Å². The predicted molar refractivity (Wildman–Crippen MR) is 80.0 cm³/mol. The Morgan fingerprint density at radius 1 is 0.917 bits per heavy atom. The molecule has 0 fully saturated rings. The molecule has 0 unspecified atom stereocenters. The molecule has 2 aromatic carbocycles. The molecule has 0 saturated heterocycles. The molecule has 0 saturated carbocycles. The number of para-hydroxylation sites is 1. The second-order valence-electron chi connectivity index (χ2n) is 4.63. The zero-order valence-corrected chi connectivity index (χ0v) is 12.9. The average Bonchev–Trinajstić information content (AvgIpc) is 2.54. The highest BCUT2D eigenvalue weighted by Crippen LogP contribution is 2.29. The standard InChI is InChI=1S/C17H14O7/c1-10(18)23-13-6-4-3-5-12(13)17(21)24-14-8-7-11(16(19)20)9-15(14)22-2/h3-9H,1-2H3,(H,19,20)/p-1. The smallest absolute Gasteiger partial charge is 0.347 e. The van der Waals surface area contributed by atoms with Gasteiger partial charge in [0.05, 0.1) is 13.1 Å². The predicted octanol–water partition coefficient (Wildman–Crippen LogP) is 1.20. The van der Waals surface area contributed by atoms with Gasteiger partial charge in [-0.2, -0.15) is 0 Å². The third-order valence-corrected chi connectivity index (χ3v) is 2.96. The number of esters is 2. The maximum absolute atomic E-state index is 12.3. The van der Waals surface area contributed by atoms with Crippen LogP contribution in [0.5, 0.6) is 17.2 Å². The van der Waals surface area contributed by atoms with E-state index < -0.39 is 17.9 Å². The van der Waals surface area contributed by atoms with Crippen molar-refractivity contribution in [2.45, 2.75) is 6.92 Å². The first-order valence-electron chi connectivity index (χ1n) is 6.81. The van der Waals surface area contributed by atoms with Gasteiger partial charge in [-0.3, -0.25) is 4.79 Å². The summed E-state index contributed by atoms with van der Waals surface area (Å²) in [6.45, 7) is 1.21. The zero-order valence-electron chi connectivity index (χ0n) is 12.9. The first-order valence-corrected chi connectivity index (χ1v) is 6.81. The summed E-state index contributed by atoms with van der Waals surface area (Å²) in [4.78, 5) is 34.2. The molecule has 0 N–H and O–H groups in total. The van der Waals surface area contributed by atoms with Crippen molar-refractivity contribution in [3.63, 3.8) is 0 Å². The number of carbonyl (C=O) groups excluding carboxylic acids is 3. The van der Waals surface area contributed by atoms with Crippen LogP contribution in [0, 0.1) is 0 Å². The van der Waals surface area contributed by atoms with Crippen LogP contribution in [-0.2, 0) is 4.79 Å². The highest BCUT2D eigenvalue weighted by Gasteiger charge is 2.18. The average molecular weight is 329 g/mol. The summed E-state index contributed by atoms with van der Waals surface area (Å²) >= 11 is 0. The van der Waals surface area contributed by atoms with E-state index in [0.717, 1.165) is 0 Å². The first-order chi connectivity index (χ1) is 11.4. The number of ether oxygens (including phenoxy) is 3. The van der Waals surface area contributed by atoms with E-state index in [4.69, 9.17) is 14.2 Å². The van der Waals surface area contributed by atoms with E-state index in [2.05, 4.69) is 0 Å². The van der Waals surface area contributed by atoms with Gasteiger partial charge in [0.15, 0.2) is 11.5 Å². The third-order valence-electron chi connectivity index (χ3n) is 2.96. The Bertz CT molecular complexity index is 795. The Labute approximate surface area is 137 Å². The Balaban J connectivity index is 2.30. The molecule has 0 amide bonds. The lowest BCUT2D eigenvalue weighted by atomic mass is 10.2. The van der Waals surface area contributed by atoms with Crippen LogP contribution in [0.3, 0.4) is 0 Å². The highest BCUT2D eigenvalue weighted by molar-refractivity contribution is 5.95. The van der Waals surface area contributed by atoms with Gasteiger partial charge in [0.1, 0.15) is 11.3 Å². The fourth-order valence-corrected chi connectivity index (χ4v) is 1.91. The zero-order chi connectivity index (χ0) is 17.7. The maximum Gasteiger partial charge on any atom is 0.347 e. The number of hydrogen-bond acceptors (Lipinski definition) is 7. The minimum absolute atomic E-state index is 0.0186. The topological polar surface area (TPSA) is 102 Å². The molecule has 0 aliphatic rings. The number of aromatic carboxylic acids is 1. The minimum Gasteiger partial charge on any atom is -0.545 e. The molecule has 2 rings (SSSR count). The monoisotopic (exact) mass is 329 g/mol. The molecular formula is C17H13O7-. The number of hydrogen-bond donors (Lipinski definition) is 0. The van der Waals surface area contributed by atoms with Crippen LogP contribution in [0.15, 0.2) is 42.5 Å². The summed E-state index contributed by atoms with van der Waals surface area (Å²) in [7, 11) is 1.30. The second-order valence-corrected chi connectivity index (χ2v) is 4.63. The van der Waals surface area contributed by atoms with Crippen LogP contribution >= 0.6 is 0 Å². The molecule has 7 nitrogen and oxygen atoms in total. The number of benzene rings is 2. The van der Waals surface area contributed by atoms with E-state index in [1.165, 1.54) is 44.4 Å². The van der Waals surface area contributed by atoms with Crippen LogP contribution in [-0.4, -0.2) is 25.0 Å². The van der Waals surface area contributed by atoms with E-state index in [1.54, 1.807) is 12.1 Å². The lowest BCUT2D eigenvalue weighted by Gasteiger charge is -2.12. The first kappa shape index (κ1) is 17.0. The molecule has 0 bridgehead atoms. The lowest BCUT2D eigenvalue weighted by Crippen LogP contribution is -2.22. The molecule has 24 heavy (non-hydrogen) atoms.